The van der Waals surface area contributed by atoms with E-state index in [9.17, 15) is 19.8 Å². The molecular weight excluding hydrogens is 578 g/mol. The molecule has 6 atom stereocenters. The molecule has 2 heterocycles. The number of aliphatic carboxylic acids is 1. The molecule has 3 aliphatic rings. The molecule has 2 aliphatic heterocycles. The summed E-state index contributed by atoms with van der Waals surface area (Å²) in [6.45, 7) is 11.0. The number of aliphatic hydroxyl groups excluding tert-OH is 1. The van der Waals surface area contributed by atoms with Gasteiger partial charge in [-0.15, -0.1) is 0 Å². The number of ether oxygens (including phenoxy) is 3. The highest BCUT2D eigenvalue weighted by Gasteiger charge is 2.56. The first-order chi connectivity index (χ1) is 20.8. The molecule has 1 spiro atoms. The van der Waals surface area contributed by atoms with Gasteiger partial charge in [0.25, 0.3) is 0 Å². The number of amides is 1. The van der Waals surface area contributed by atoms with Crippen molar-refractivity contribution in [2.24, 2.45) is 0 Å². The number of hydrogen-bond acceptors (Lipinski definition) is 7. The zero-order chi connectivity index (χ0) is 31.7. The quantitative estimate of drug-likeness (QED) is 0.284. The average molecular weight is 626 g/mol. The van der Waals surface area contributed by atoms with Crippen molar-refractivity contribution in [3.05, 3.63) is 71.8 Å². The van der Waals surface area contributed by atoms with Crippen molar-refractivity contribution in [3.63, 3.8) is 0 Å². The topological polar surface area (TPSA) is 115 Å². The summed E-state index contributed by atoms with van der Waals surface area (Å²) in [7, 11) is -2.19. The Morgan fingerprint density at radius 1 is 1.00 bits per heavy atom. The zero-order valence-electron chi connectivity index (χ0n) is 26.5. The maximum atomic E-state index is 13.7. The van der Waals surface area contributed by atoms with Crippen LogP contribution in [0, 0.1) is 0 Å². The number of rotatable bonds is 10. The summed E-state index contributed by atoms with van der Waals surface area (Å²) < 4.78 is 25.8. The molecular formula is C34H47NO8Si. The third kappa shape index (κ3) is 6.74. The van der Waals surface area contributed by atoms with E-state index in [0.29, 0.717) is 12.8 Å². The van der Waals surface area contributed by atoms with Crippen LogP contribution in [0.25, 0.3) is 0 Å². The molecule has 2 aromatic rings. The first kappa shape index (κ1) is 32.6. The Morgan fingerprint density at radius 2 is 1.59 bits per heavy atom. The minimum absolute atomic E-state index is 0.0381. The number of carboxylic acid groups (broad SMARTS) is 1. The lowest BCUT2D eigenvalue weighted by atomic mass is 9.91. The fourth-order valence-corrected chi connectivity index (χ4v) is 7.46. The normalized spacial score (nSPS) is 26.9. The van der Waals surface area contributed by atoms with Crippen molar-refractivity contribution in [1.82, 2.24) is 4.90 Å². The first-order valence-electron chi connectivity index (χ1n) is 15.8. The summed E-state index contributed by atoms with van der Waals surface area (Å²) in [6, 6.07) is 17.0. The van der Waals surface area contributed by atoms with E-state index in [2.05, 4.69) is 33.9 Å². The smallest absolute Gasteiger partial charge is 0.411 e. The average Bonchev–Trinajstić information content (AvgIpc) is 3.52. The van der Waals surface area contributed by atoms with Gasteiger partial charge in [0, 0.05) is 12.8 Å². The second-order valence-electron chi connectivity index (χ2n) is 13.9. The summed E-state index contributed by atoms with van der Waals surface area (Å²) in [6.07, 6.45) is -0.471. The summed E-state index contributed by atoms with van der Waals surface area (Å²) in [4.78, 5) is 27.5. The van der Waals surface area contributed by atoms with Crippen LogP contribution in [0.15, 0.2) is 60.7 Å². The van der Waals surface area contributed by atoms with Crippen molar-refractivity contribution in [1.29, 1.82) is 0 Å². The Labute approximate surface area is 261 Å². The van der Waals surface area contributed by atoms with E-state index >= 15 is 0 Å². The van der Waals surface area contributed by atoms with Gasteiger partial charge in [0.15, 0.2) is 20.2 Å². The van der Waals surface area contributed by atoms with Crippen LogP contribution >= 0.6 is 0 Å². The van der Waals surface area contributed by atoms with Crippen LogP contribution in [0.1, 0.15) is 82.6 Å². The predicted octanol–water partition coefficient (Wildman–Crippen LogP) is 6.59. The molecule has 0 aromatic heterocycles. The van der Waals surface area contributed by atoms with Gasteiger partial charge in [0.2, 0.25) is 0 Å². The summed E-state index contributed by atoms with van der Waals surface area (Å²) in [5.41, 5.74) is 1.56. The van der Waals surface area contributed by atoms with Gasteiger partial charge in [-0.2, -0.15) is 0 Å². The van der Waals surface area contributed by atoms with Crippen molar-refractivity contribution >= 4 is 20.4 Å². The maximum Gasteiger partial charge on any atom is 0.411 e. The molecule has 10 heteroatoms. The van der Waals surface area contributed by atoms with Gasteiger partial charge in [-0.3, -0.25) is 9.69 Å². The van der Waals surface area contributed by atoms with Gasteiger partial charge < -0.3 is 28.8 Å². The molecule has 1 aliphatic carbocycles. The van der Waals surface area contributed by atoms with Crippen LogP contribution in [0.5, 0.6) is 0 Å². The Bertz CT molecular complexity index is 1280. The summed E-state index contributed by atoms with van der Waals surface area (Å²) >= 11 is 0. The summed E-state index contributed by atoms with van der Waals surface area (Å²) in [5.74, 6) is -2.01. The first-order valence-corrected chi connectivity index (χ1v) is 18.7. The molecule has 3 fully saturated rings. The molecule has 1 amide bonds. The van der Waals surface area contributed by atoms with Gasteiger partial charge >= 0.3 is 12.1 Å². The Hall–Kier alpha value is -2.76. The van der Waals surface area contributed by atoms with Gasteiger partial charge in [-0.05, 0) is 42.1 Å². The highest BCUT2D eigenvalue weighted by molar-refractivity contribution is 6.74. The molecule has 240 valence electrons. The van der Waals surface area contributed by atoms with Crippen molar-refractivity contribution in [2.75, 3.05) is 6.61 Å². The molecule has 0 unspecified atom stereocenters. The molecule has 0 bridgehead atoms. The van der Waals surface area contributed by atoms with Crippen molar-refractivity contribution in [3.8, 4) is 0 Å². The van der Waals surface area contributed by atoms with Gasteiger partial charge in [-0.1, -0.05) is 87.9 Å². The van der Waals surface area contributed by atoms with E-state index in [1.165, 1.54) is 4.90 Å². The second kappa shape index (κ2) is 12.9. The van der Waals surface area contributed by atoms with E-state index in [4.69, 9.17) is 18.6 Å². The van der Waals surface area contributed by atoms with Crippen LogP contribution in [-0.4, -0.2) is 72.2 Å². The fourth-order valence-electron chi connectivity index (χ4n) is 6.44. The molecule has 1 saturated carbocycles. The zero-order valence-corrected chi connectivity index (χ0v) is 27.5. The third-order valence-corrected chi connectivity index (χ3v) is 14.4. The minimum Gasteiger partial charge on any atom is -0.481 e. The van der Waals surface area contributed by atoms with Crippen LogP contribution < -0.4 is 0 Å². The predicted molar refractivity (Wildman–Crippen MR) is 167 cm³/mol. The highest BCUT2D eigenvalue weighted by atomic mass is 28.4. The van der Waals surface area contributed by atoms with E-state index < -0.39 is 69.1 Å². The number of carboxylic acids is 1. The van der Waals surface area contributed by atoms with E-state index in [1.807, 2.05) is 60.7 Å². The highest BCUT2D eigenvalue weighted by Crippen LogP contribution is 2.48. The second-order valence-corrected chi connectivity index (χ2v) is 18.7. The lowest BCUT2D eigenvalue weighted by molar-refractivity contribution is -0.203. The van der Waals surface area contributed by atoms with Crippen LogP contribution in [0.3, 0.4) is 0 Å². The van der Waals surface area contributed by atoms with Gasteiger partial charge in [-0.25, -0.2) is 4.79 Å². The Balaban J connectivity index is 1.51. The lowest BCUT2D eigenvalue weighted by Gasteiger charge is -2.39. The van der Waals surface area contributed by atoms with Crippen molar-refractivity contribution in [2.45, 2.75) is 120 Å². The summed E-state index contributed by atoms with van der Waals surface area (Å²) in [5, 5.41) is 22.2. The number of carbonyl (C=O) groups excluding carboxylic acids is 1. The molecule has 0 radical (unpaired) electrons. The van der Waals surface area contributed by atoms with Crippen LogP contribution in [0.2, 0.25) is 18.1 Å². The monoisotopic (exact) mass is 625 g/mol. The third-order valence-electron chi connectivity index (χ3n) is 9.88. The largest absolute Gasteiger partial charge is 0.481 e. The minimum atomic E-state index is -2.19. The molecule has 9 nitrogen and oxygen atoms in total. The standard InChI is InChI=1S/C34H47NO8Si/c1-33(2,3)44(4,5)40-22-26-31(43-34(42-26)19-13-8-14-20-34)29(38)25(21-27(36)37)35-28(23-15-9-6-10-16-23)30(41-32(35)39)24-17-11-7-12-18-24/h6-7,9-12,15-18,25-26,28-31,38H,8,13-14,19-22H2,1-5H3,(H,36,37)/t25-,26+,28-,29+,30+,31-/m1/s1. The van der Waals surface area contributed by atoms with Gasteiger partial charge in [0.05, 0.1) is 19.1 Å². The fraction of sp³-hybridized carbons (Fsp3) is 0.588. The van der Waals surface area contributed by atoms with E-state index in [1.54, 1.807) is 0 Å². The maximum absolute atomic E-state index is 13.7. The molecule has 5 rings (SSSR count). The number of benzene rings is 2. The Morgan fingerprint density at radius 3 is 2.16 bits per heavy atom. The molecule has 44 heavy (non-hydrogen) atoms. The number of hydrogen-bond donors (Lipinski definition) is 2. The van der Waals surface area contributed by atoms with Crippen LogP contribution in [-0.2, 0) is 23.4 Å². The van der Waals surface area contributed by atoms with Crippen LogP contribution in [0.4, 0.5) is 4.79 Å². The Kier molecular flexibility index (Phi) is 9.58. The lowest BCUT2D eigenvalue weighted by Crippen LogP contribution is -2.54. The molecule has 2 N–H and O–H groups in total. The molecule has 2 saturated heterocycles. The SMILES string of the molecule is CC(C)(C)[Si](C)(C)OC[C@@H]1OC2(CCCCC2)O[C@H]1[C@@H](O)[C@@H](CC(=O)O)N1C(=O)O[C@@H](c2ccccc2)[C@H]1c1ccccc1. The number of nitrogens with zero attached hydrogens (tertiary/aromatic N) is 1. The van der Waals surface area contributed by atoms with E-state index in [0.717, 1.165) is 30.4 Å². The molecule has 2 aromatic carbocycles. The number of carbonyl (C=O) groups is 2. The number of cyclic esters (lactones) is 1. The van der Waals surface area contributed by atoms with Gasteiger partial charge in [0.1, 0.15) is 24.4 Å². The van der Waals surface area contributed by atoms with Crippen molar-refractivity contribution < 1.29 is 38.4 Å². The van der Waals surface area contributed by atoms with E-state index in [-0.39, 0.29) is 11.6 Å². The number of aliphatic hydroxyl groups is 1.